The molecule has 0 unspecified atom stereocenters. The second-order valence-corrected chi connectivity index (χ2v) is 8.07. The Labute approximate surface area is 148 Å². The number of carbonyl (C=O) groups is 2. The maximum absolute atomic E-state index is 12.4. The summed E-state index contributed by atoms with van der Waals surface area (Å²) >= 11 is 3.28. The summed E-state index contributed by atoms with van der Waals surface area (Å²) < 4.78 is 0. The number of piperazine rings is 1. The first kappa shape index (κ1) is 15.8. The number of carbonyl (C=O) groups excluding carboxylic acids is 2. The number of hydrogen-bond acceptors (Lipinski definition) is 6. The van der Waals surface area contributed by atoms with Gasteiger partial charge in [-0.1, -0.05) is 11.8 Å². The summed E-state index contributed by atoms with van der Waals surface area (Å²) in [5.74, 6) is 0.502. The minimum atomic E-state index is 0.115. The van der Waals surface area contributed by atoms with Crippen LogP contribution in [0.25, 0.3) is 10.2 Å². The number of amides is 2. The first-order chi connectivity index (χ1) is 11.8. The predicted molar refractivity (Wildman–Crippen MR) is 94.4 cm³/mol. The third-order valence-electron chi connectivity index (χ3n) is 4.61. The van der Waals surface area contributed by atoms with E-state index in [1.165, 1.54) is 34.0 Å². The third-order valence-corrected chi connectivity index (χ3v) is 6.79. The molecule has 1 fully saturated rings. The molecule has 0 N–H and O–H groups in total. The fourth-order valence-electron chi connectivity index (χ4n) is 3.31. The minimum absolute atomic E-state index is 0.115. The van der Waals surface area contributed by atoms with Crippen molar-refractivity contribution in [1.29, 1.82) is 0 Å². The van der Waals surface area contributed by atoms with Crippen molar-refractivity contribution in [1.82, 2.24) is 19.8 Å². The Morgan fingerprint density at radius 1 is 1.25 bits per heavy atom. The molecule has 1 aliphatic heterocycles. The lowest BCUT2D eigenvalue weighted by atomic mass is 10.2. The van der Waals surface area contributed by atoms with Crippen molar-refractivity contribution in [3.8, 4) is 0 Å². The summed E-state index contributed by atoms with van der Waals surface area (Å²) in [4.78, 5) is 38.0. The molecule has 8 heteroatoms. The number of hydrogen-bond donors (Lipinski definition) is 0. The molecule has 4 rings (SSSR count). The van der Waals surface area contributed by atoms with E-state index >= 15 is 0 Å². The average molecular weight is 362 g/mol. The smallest absolute Gasteiger partial charge is 0.233 e. The largest absolute Gasteiger partial charge is 0.342 e. The van der Waals surface area contributed by atoms with E-state index in [1.54, 1.807) is 22.6 Å². The Morgan fingerprint density at radius 3 is 2.88 bits per heavy atom. The lowest BCUT2D eigenvalue weighted by Gasteiger charge is -2.32. The topological polar surface area (TPSA) is 66.4 Å². The summed E-state index contributed by atoms with van der Waals surface area (Å²) in [6.07, 6.45) is 5.89. The van der Waals surface area contributed by atoms with Crippen LogP contribution in [0.5, 0.6) is 0 Å². The van der Waals surface area contributed by atoms with Gasteiger partial charge in [0.25, 0.3) is 0 Å². The Kier molecular flexibility index (Phi) is 4.41. The van der Waals surface area contributed by atoms with Gasteiger partial charge in [-0.25, -0.2) is 9.97 Å². The van der Waals surface area contributed by atoms with Crippen LogP contribution in [0.4, 0.5) is 0 Å². The second kappa shape index (κ2) is 6.68. The summed E-state index contributed by atoms with van der Waals surface area (Å²) in [7, 11) is 0. The van der Waals surface area contributed by atoms with Gasteiger partial charge in [0, 0.05) is 36.4 Å². The van der Waals surface area contributed by atoms with E-state index in [-0.39, 0.29) is 5.91 Å². The van der Waals surface area contributed by atoms with Gasteiger partial charge in [0.2, 0.25) is 12.3 Å². The Morgan fingerprint density at radius 2 is 2.08 bits per heavy atom. The van der Waals surface area contributed by atoms with Crippen LogP contribution in [0.1, 0.15) is 16.9 Å². The number of aryl methyl sites for hydroxylation is 2. The maximum atomic E-state index is 12.4. The van der Waals surface area contributed by atoms with Gasteiger partial charge in [0.15, 0.2) is 0 Å². The van der Waals surface area contributed by atoms with Crippen molar-refractivity contribution in [2.75, 3.05) is 31.9 Å². The van der Waals surface area contributed by atoms with Crippen LogP contribution < -0.4 is 0 Å². The summed E-state index contributed by atoms with van der Waals surface area (Å²) in [5, 5.41) is 2.10. The number of nitrogens with zero attached hydrogens (tertiary/aromatic N) is 4. The highest BCUT2D eigenvalue weighted by atomic mass is 32.2. The highest BCUT2D eigenvalue weighted by Gasteiger charge is 2.23. The van der Waals surface area contributed by atoms with Gasteiger partial charge >= 0.3 is 0 Å². The maximum Gasteiger partial charge on any atom is 0.233 e. The third kappa shape index (κ3) is 2.88. The number of aromatic nitrogens is 2. The van der Waals surface area contributed by atoms with Gasteiger partial charge in [-0.05, 0) is 24.8 Å². The predicted octanol–water partition coefficient (Wildman–Crippen LogP) is 1.57. The summed E-state index contributed by atoms with van der Waals surface area (Å²) in [6, 6.07) is 0. The van der Waals surface area contributed by atoms with Gasteiger partial charge in [0.05, 0.1) is 5.75 Å². The molecule has 2 aliphatic rings. The molecule has 0 radical (unpaired) electrons. The number of fused-ring (bicyclic) bond motifs is 3. The molecule has 0 aromatic carbocycles. The molecule has 126 valence electrons. The van der Waals surface area contributed by atoms with Gasteiger partial charge in [-0.15, -0.1) is 11.3 Å². The zero-order valence-electron chi connectivity index (χ0n) is 13.2. The Balaban J connectivity index is 1.45. The molecule has 0 bridgehead atoms. The van der Waals surface area contributed by atoms with E-state index in [0.717, 1.165) is 29.1 Å². The highest BCUT2D eigenvalue weighted by molar-refractivity contribution is 8.00. The van der Waals surface area contributed by atoms with Crippen LogP contribution >= 0.6 is 23.1 Å². The van der Waals surface area contributed by atoms with Crippen LogP contribution in [0.3, 0.4) is 0 Å². The first-order valence-electron chi connectivity index (χ1n) is 8.11. The standard InChI is InChI=1S/C16H18N4O2S2/c21-10-19-4-6-20(7-5-19)13(22)8-23-15-14-11-2-1-3-12(11)24-16(14)18-9-17-15/h9-10H,1-8H2. The SMILES string of the molecule is O=CN1CCN(C(=O)CSc2ncnc3sc4c(c23)CCC4)CC1. The monoisotopic (exact) mass is 362 g/mol. The zero-order valence-corrected chi connectivity index (χ0v) is 14.9. The van der Waals surface area contributed by atoms with Crippen LogP contribution in [0.2, 0.25) is 0 Å². The van der Waals surface area contributed by atoms with Crippen molar-refractivity contribution < 1.29 is 9.59 Å². The van der Waals surface area contributed by atoms with Gasteiger partial charge < -0.3 is 9.80 Å². The molecule has 24 heavy (non-hydrogen) atoms. The Hall–Kier alpha value is -1.67. The zero-order chi connectivity index (χ0) is 16.5. The highest BCUT2D eigenvalue weighted by Crippen LogP contribution is 2.39. The number of thiophene rings is 1. The first-order valence-corrected chi connectivity index (χ1v) is 9.91. The second-order valence-electron chi connectivity index (χ2n) is 6.03. The van der Waals surface area contributed by atoms with Crippen LogP contribution in [-0.2, 0) is 22.4 Å². The van der Waals surface area contributed by atoms with Crippen molar-refractivity contribution in [3.63, 3.8) is 0 Å². The molecule has 0 saturated carbocycles. The Bertz CT molecular complexity index is 784. The molecule has 1 aliphatic carbocycles. The summed E-state index contributed by atoms with van der Waals surface area (Å²) in [5.41, 5.74) is 1.39. The normalized spacial score (nSPS) is 17.3. The van der Waals surface area contributed by atoms with Crippen molar-refractivity contribution in [3.05, 3.63) is 16.8 Å². The van der Waals surface area contributed by atoms with Gasteiger partial charge in [-0.2, -0.15) is 0 Å². The molecular weight excluding hydrogens is 344 g/mol. The van der Waals surface area contributed by atoms with E-state index in [1.807, 2.05) is 4.90 Å². The van der Waals surface area contributed by atoms with Crippen molar-refractivity contribution in [2.24, 2.45) is 0 Å². The molecule has 1 saturated heterocycles. The molecule has 6 nitrogen and oxygen atoms in total. The van der Waals surface area contributed by atoms with Gasteiger partial charge in [-0.3, -0.25) is 9.59 Å². The minimum Gasteiger partial charge on any atom is -0.342 e. The van der Waals surface area contributed by atoms with E-state index in [2.05, 4.69) is 9.97 Å². The number of thioether (sulfide) groups is 1. The van der Waals surface area contributed by atoms with Crippen molar-refractivity contribution in [2.45, 2.75) is 24.3 Å². The lowest BCUT2D eigenvalue weighted by Crippen LogP contribution is -2.48. The van der Waals surface area contributed by atoms with Crippen LogP contribution in [0.15, 0.2) is 11.4 Å². The van der Waals surface area contributed by atoms with Crippen LogP contribution in [0, 0.1) is 0 Å². The quantitative estimate of drug-likeness (QED) is 0.469. The lowest BCUT2D eigenvalue weighted by molar-refractivity contribution is -0.132. The van der Waals surface area contributed by atoms with Crippen molar-refractivity contribution >= 4 is 45.6 Å². The average Bonchev–Trinajstić information content (AvgIpc) is 3.20. The molecule has 2 aromatic heterocycles. The fraction of sp³-hybridized carbons (Fsp3) is 0.500. The van der Waals surface area contributed by atoms with E-state index in [0.29, 0.717) is 31.9 Å². The fourth-order valence-corrected chi connectivity index (χ4v) is 5.53. The molecule has 0 spiro atoms. The summed E-state index contributed by atoms with van der Waals surface area (Å²) in [6.45, 7) is 2.47. The van der Waals surface area contributed by atoms with E-state index < -0.39 is 0 Å². The van der Waals surface area contributed by atoms with Crippen LogP contribution in [-0.4, -0.2) is 64.0 Å². The van der Waals surface area contributed by atoms with Gasteiger partial charge in [0.1, 0.15) is 16.2 Å². The van der Waals surface area contributed by atoms with E-state index in [9.17, 15) is 9.59 Å². The molecule has 0 atom stereocenters. The van der Waals surface area contributed by atoms with E-state index in [4.69, 9.17) is 0 Å². The molecule has 2 amide bonds. The molecule has 3 heterocycles. The molecular formula is C16H18N4O2S2. The number of rotatable bonds is 4. The molecule has 2 aromatic rings.